The maximum atomic E-state index is 11.8. The third-order valence-corrected chi connectivity index (χ3v) is 3.37. The Morgan fingerprint density at radius 3 is 2.88 bits per heavy atom. The topological polar surface area (TPSA) is 70.6 Å². The first-order valence-corrected chi connectivity index (χ1v) is 6.01. The van der Waals surface area contributed by atoms with E-state index in [4.69, 9.17) is 4.74 Å². The monoisotopic (exact) mass is 264 g/mol. The van der Waals surface area contributed by atoms with Crippen LogP contribution < -0.4 is 10.6 Å². The number of hydrogen-bond acceptors (Lipinski definition) is 4. The summed E-state index contributed by atoms with van der Waals surface area (Å²) in [6.07, 6.45) is 1.55. The van der Waals surface area contributed by atoms with E-state index in [2.05, 4.69) is 10.6 Å². The van der Waals surface area contributed by atoms with Crippen molar-refractivity contribution in [2.24, 2.45) is 11.8 Å². The second kappa shape index (κ2) is 7.16. The zero-order valence-electron chi connectivity index (χ0n) is 9.85. The fraction of sp³-hybridized carbons (Fsp3) is 0.909. The second-order valence-corrected chi connectivity index (χ2v) is 4.64. The van der Waals surface area contributed by atoms with Crippen molar-refractivity contribution in [1.29, 1.82) is 0 Å². The summed E-state index contributed by atoms with van der Waals surface area (Å²) in [7, 11) is 0. The molecule has 1 amide bonds. The fourth-order valence-electron chi connectivity index (χ4n) is 2.25. The van der Waals surface area contributed by atoms with Gasteiger partial charge in [-0.1, -0.05) is 0 Å². The van der Waals surface area contributed by atoms with Gasteiger partial charge in [-0.15, -0.1) is 12.4 Å². The molecule has 6 heteroatoms. The highest BCUT2D eigenvalue weighted by Crippen LogP contribution is 2.14. The van der Waals surface area contributed by atoms with Gasteiger partial charge in [-0.3, -0.25) is 4.79 Å². The fourth-order valence-corrected chi connectivity index (χ4v) is 2.25. The molecule has 2 rings (SSSR count). The van der Waals surface area contributed by atoms with E-state index in [1.807, 2.05) is 0 Å². The zero-order valence-corrected chi connectivity index (χ0v) is 10.7. The van der Waals surface area contributed by atoms with Gasteiger partial charge in [0, 0.05) is 32.2 Å². The van der Waals surface area contributed by atoms with Crippen molar-refractivity contribution in [2.45, 2.75) is 18.9 Å². The number of nitrogens with one attached hydrogen (secondary N) is 2. The highest BCUT2D eigenvalue weighted by atomic mass is 35.5. The van der Waals surface area contributed by atoms with Crippen molar-refractivity contribution in [1.82, 2.24) is 10.6 Å². The van der Waals surface area contributed by atoms with Crippen molar-refractivity contribution in [3.63, 3.8) is 0 Å². The SMILES string of the molecule is Cl.O=C(NCC1CNCC1O)C1CCCOC1. The molecule has 2 fully saturated rings. The minimum Gasteiger partial charge on any atom is -0.391 e. The molecule has 0 aromatic heterocycles. The Morgan fingerprint density at radius 1 is 1.47 bits per heavy atom. The first kappa shape index (κ1) is 14.7. The molecule has 0 radical (unpaired) electrons. The Bertz CT molecular complexity index is 247. The molecule has 2 heterocycles. The lowest BCUT2D eigenvalue weighted by molar-refractivity contribution is -0.129. The highest BCUT2D eigenvalue weighted by molar-refractivity contribution is 5.85. The van der Waals surface area contributed by atoms with Gasteiger partial charge in [-0.05, 0) is 12.8 Å². The third-order valence-electron chi connectivity index (χ3n) is 3.37. The Labute approximate surface area is 108 Å². The molecule has 2 aliphatic heterocycles. The molecule has 0 saturated carbocycles. The van der Waals surface area contributed by atoms with Crippen LogP contribution in [0.25, 0.3) is 0 Å². The summed E-state index contributed by atoms with van der Waals surface area (Å²) < 4.78 is 5.27. The number of amides is 1. The van der Waals surface area contributed by atoms with Gasteiger partial charge < -0.3 is 20.5 Å². The highest BCUT2D eigenvalue weighted by Gasteiger charge is 2.27. The molecule has 17 heavy (non-hydrogen) atoms. The lowest BCUT2D eigenvalue weighted by Gasteiger charge is -2.22. The van der Waals surface area contributed by atoms with Gasteiger partial charge in [0.25, 0.3) is 0 Å². The van der Waals surface area contributed by atoms with E-state index in [0.29, 0.717) is 19.7 Å². The molecular formula is C11H21ClN2O3. The van der Waals surface area contributed by atoms with Crippen molar-refractivity contribution < 1.29 is 14.6 Å². The minimum absolute atomic E-state index is 0. The molecule has 3 N–H and O–H groups in total. The summed E-state index contributed by atoms with van der Waals surface area (Å²) in [5.41, 5.74) is 0. The van der Waals surface area contributed by atoms with E-state index in [9.17, 15) is 9.90 Å². The average molecular weight is 265 g/mol. The first-order chi connectivity index (χ1) is 7.77. The van der Waals surface area contributed by atoms with Crippen LogP contribution >= 0.6 is 12.4 Å². The van der Waals surface area contributed by atoms with Gasteiger partial charge >= 0.3 is 0 Å². The third kappa shape index (κ3) is 4.10. The van der Waals surface area contributed by atoms with Crippen LogP contribution in [0.4, 0.5) is 0 Å². The van der Waals surface area contributed by atoms with Crippen LogP contribution in [0.3, 0.4) is 0 Å². The summed E-state index contributed by atoms with van der Waals surface area (Å²) in [6.45, 7) is 3.28. The molecule has 0 spiro atoms. The molecule has 0 aliphatic carbocycles. The molecule has 3 unspecified atom stereocenters. The number of rotatable bonds is 3. The van der Waals surface area contributed by atoms with Crippen LogP contribution in [0.2, 0.25) is 0 Å². The van der Waals surface area contributed by atoms with Crippen molar-refractivity contribution >= 4 is 18.3 Å². The Kier molecular flexibility index (Phi) is 6.19. The van der Waals surface area contributed by atoms with E-state index >= 15 is 0 Å². The van der Waals surface area contributed by atoms with Gasteiger partial charge in [-0.25, -0.2) is 0 Å². The maximum Gasteiger partial charge on any atom is 0.225 e. The Hall–Kier alpha value is -0.360. The largest absolute Gasteiger partial charge is 0.391 e. The van der Waals surface area contributed by atoms with E-state index in [1.54, 1.807) is 0 Å². The molecule has 0 bridgehead atoms. The van der Waals surface area contributed by atoms with Crippen LogP contribution in [-0.4, -0.2) is 50.0 Å². The van der Waals surface area contributed by atoms with Crippen LogP contribution in [0.15, 0.2) is 0 Å². The number of carbonyl (C=O) groups excluding carboxylic acids is 1. The number of halogens is 1. The standard InChI is InChI=1S/C11H20N2O3.ClH/c14-10-6-12-4-9(10)5-13-11(15)8-2-1-3-16-7-8;/h8-10,12,14H,1-7H2,(H,13,15);1H. The summed E-state index contributed by atoms with van der Waals surface area (Å²) in [5.74, 6) is 0.215. The zero-order chi connectivity index (χ0) is 11.4. The number of hydrogen-bond donors (Lipinski definition) is 3. The minimum atomic E-state index is -0.331. The van der Waals surface area contributed by atoms with Gasteiger partial charge in [0.05, 0.1) is 18.6 Å². The summed E-state index contributed by atoms with van der Waals surface area (Å²) >= 11 is 0. The lowest BCUT2D eigenvalue weighted by Crippen LogP contribution is -2.40. The normalized spacial score (nSPS) is 32.9. The number of β-amino-alcohol motifs (C(OH)–C–C–N with tert-alkyl or cyclic N) is 1. The lowest BCUT2D eigenvalue weighted by atomic mass is 10.0. The smallest absolute Gasteiger partial charge is 0.225 e. The number of aliphatic hydroxyl groups is 1. The van der Waals surface area contributed by atoms with E-state index < -0.39 is 0 Å². The Balaban J connectivity index is 0.00000144. The van der Waals surface area contributed by atoms with Gasteiger partial charge in [0.2, 0.25) is 5.91 Å². The average Bonchev–Trinajstić information content (AvgIpc) is 2.73. The number of carbonyl (C=O) groups is 1. The van der Waals surface area contributed by atoms with E-state index in [1.165, 1.54) is 0 Å². The van der Waals surface area contributed by atoms with Gasteiger partial charge in [0.15, 0.2) is 0 Å². The van der Waals surface area contributed by atoms with Gasteiger partial charge in [0.1, 0.15) is 0 Å². The van der Waals surface area contributed by atoms with Crippen molar-refractivity contribution in [2.75, 3.05) is 32.8 Å². The van der Waals surface area contributed by atoms with Crippen molar-refractivity contribution in [3.05, 3.63) is 0 Å². The molecule has 0 aromatic carbocycles. The number of ether oxygens (including phenoxy) is 1. The quantitative estimate of drug-likeness (QED) is 0.645. The second-order valence-electron chi connectivity index (χ2n) is 4.64. The number of aliphatic hydroxyl groups excluding tert-OH is 1. The van der Waals surface area contributed by atoms with Crippen LogP contribution in [0, 0.1) is 11.8 Å². The predicted molar refractivity (Wildman–Crippen MR) is 66.2 cm³/mol. The van der Waals surface area contributed by atoms with E-state index in [-0.39, 0.29) is 36.3 Å². The van der Waals surface area contributed by atoms with Gasteiger partial charge in [-0.2, -0.15) is 0 Å². The molecular weight excluding hydrogens is 244 g/mol. The van der Waals surface area contributed by atoms with Crippen LogP contribution in [-0.2, 0) is 9.53 Å². The molecule has 2 saturated heterocycles. The molecule has 100 valence electrons. The summed E-state index contributed by atoms with van der Waals surface area (Å²) in [6, 6.07) is 0. The molecule has 0 aromatic rings. The predicted octanol–water partition coefficient (Wildman–Crippen LogP) is -0.469. The molecule has 5 nitrogen and oxygen atoms in total. The maximum absolute atomic E-state index is 11.8. The molecule has 3 atom stereocenters. The Morgan fingerprint density at radius 2 is 2.29 bits per heavy atom. The van der Waals surface area contributed by atoms with Crippen LogP contribution in [0.1, 0.15) is 12.8 Å². The van der Waals surface area contributed by atoms with E-state index in [0.717, 1.165) is 26.0 Å². The molecule has 2 aliphatic rings. The summed E-state index contributed by atoms with van der Waals surface area (Å²) in [5, 5.41) is 15.6. The summed E-state index contributed by atoms with van der Waals surface area (Å²) in [4.78, 5) is 11.8. The van der Waals surface area contributed by atoms with Crippen molar-refractivity contribution in [3.8, 4) is 0 Å². The van der Waals surface area contributed by atoms with Crippen LogP contribution in [0.5, 0.6) is 0 Å². The first-order valence-electron chi connectivity index (χ1n) is 6.01.